The van der Waals surface area contributed by atoms with Gasteiger partial charge in [0.05, 0.1) is 16.7 Å². The minimum absolute atomic E-state index is 0.0724. The molecule has 0 radical (unpaired) electrons. The summed E-state index contributed by atoms with van der Waals surface area (Å²) in [5.41, 5.74) is 6.71. The van der Waals surface area contributed by atoms with Crippen LogP contribution < -0.4 is 11.1 Å². The van der Waals surface area contributed by atoms with E-state index in [1.807, 2.05) is 6.92 Å². The van der Waals surface area contributed by atoms with E-state index in [2.05, 4.69) is 20.5 Å². The summed E-state index contributed by atoms with van der Waals surface area (Å²) in [6, 6.07) is -0.0724. The van der Waals surface area contributed by atoms with Gasteiger partial charge in [0.2, 0.25) is 0 Å². The summed E-state index contributed by atoms with van der Waals surface area (Å²) >= 11 is 7.63. The van der Waals surface area contributed by atoms with Crippen LogP contribution in [0.25, 0.3) is 0 Å². The van der Waals surface area contributed by atoms with Gasteiger partial charge in [0.1, 0.15) is 10.7 Å². The van der Waals surface area contributed by atoms with Crippen LogP contribution in [0.3, 0.4) is 0 Å². The molecule has 106 valence electrons. The topological polar surface area (TPSA) is 96.7 Å². The molecule has 1 amide bonds. The first kappa shape index (κ1) is 13.4. The van der Waals surface area contributed by atoms with E-state index in [0.717, 1.165) is 30.0 Å². The highest BCUT2D eigenvalue weighted by molar-refractivity contribution is 7.11. The van der Waals surface area contributed by atoms with Crippen molar-refractivity contribution in [2.75, 3.05) is 5.73 Å². The number of aromatic amines is 1. The van der Waals surface area contributed by atoms with E-state index in [4.69, 9.17) is 17.3 Å². The third kappa shape index (κ3) is 2.27. The van der Waals surface area contributed by atoms with Gasteiger partial charge < -0.3 is 11.1 Å². The molecule has 1 aliphatic carbocycles. The van der Waals surface area contributed by atoms with E-state index in [9.17, 15) is 4.79 Å². The molecule has 0 saturated heterocycles. The van der Waals surface area contributed by atoms with Gasteiger partial charge in [-0.1, -0.05) is 11.6 Å². The zero-order chi connectivity index (χ0) is 14.3. The van der Waals surface area contributed by atoms with Gasteiger partial charge in [-0.05, 0) is 26.2 Å². The number of H-pyrrole nitrogens is 1. The van der Waals surface area contributed by atoms with Crippen LogP contribution in [0.4, 0.5) is 5.82 Å². The molecule has 2 aromatic heterocycles. The molecule has 0 fully saturated rings. The number of hydrogen-bond acceptors (Lipinski definition) is 5. The number of aromatic nitrogens is 3. The Balaban J connectivity index is 1.82. The summed E-state index contributed by atoms with van der Waals surface area (Å²) in [5.74, 6) is -0.173. The highest BCUT2D eigenvalue weighted by atomic mass is 35.5. The third-order valence-electron chi connectivity index (χ3n) is 3.33. The average molecular weight is 312 g/mol. The van der Waals surface area contributed by atoms with Crippen molar-refractivity contribution in [3.63, 3.8) is 0 Å². The second-order valence-corrected chi connectivity index (χ2v) is 6.42. The maximum absolute atomic E-state index is 12.2. The molecule has 4 N–H and O–H groups in total. The first-order chi connectivity index (χ1) is 9.56. The lowest BCUT2D eigenvalue weighted by atomic mass is 9.97. The summed E-state index contributed by atoms with van der Waals surface area (Å²) in [6.45, 7) is 1.98. The predicted molar refractivity (Wildman–Crippen MR) is 78.0 cm³/mol. The number of rotatable bonds is 2. The van der Waals surface area contributed by atoms with Gasteiger partial charge in [-0.2, -0.15) is 5.10 Å². The quantitative estimate of drug-likeness (QED) is 0.792. The van der Waals surface area contributed by atoms with Crippen molar-refractivity contribution in [3.8, 4) is 0 Å². The molecule has 8 heteroatoms. The van der Waals surface area contributed by atoms with E-state index in [1.165, 1.54) is 4.88 Å². The Bertz CT molecular complexity index is 665. The fraction of sp³-hybridized carbons (Fsp3) is 0.417. The number of nitrogen functional groups attached to an aromatic ring is 1. The fourth-order valence-electron chi connectivity index (χ4n) is 2.40. The molecule has 0 aromatic carbocycles. The number of amides is 1. The van der Waals surface area contributed by atoms with Gasteiger partial charge in [0.25, 0.3) is 5.91 Å². The second-order valence-electron chi connectivity index (χ2n) is 4.76. The van der Waals surface area contributed by atoms with Crippen LogP contribution in [0.1, 0.15) is 45.0 Å². The summed E-state index contributed by atoms with van der Waals surface area (Å²) in [6.07, 6.45) is 2.95. The van der Waals surface area contributed by atoms with E-state index >= 15 is 0 Å². The number of nitrogens with zero attached hydrogens (tertiary/aromatic N) is 2. The molecule has 3 rings (SSSR count). The number of nitrogens with two attached hydrogens (primary N) is 1. The maximum Gasteiger partial charge on any atom is 0.271 e. The van der Waals surface area contributed by atoms with Crippen molar-refractivity contribution in [2.24, 2.45) is 0 Å². The van der Waals surface area contributed by atoms with Crippen molar-refractivity contribution in [3.05, 3.63) is 26.3 Å². The molecule has 1 aliphatic rings. The lowest BCUT2D eigenvalue weighted by molar-refractivity contribution is 0.0927. The number of carbonyl (C=O) groups excluding carboxylic acids is 1. The van der Waals surface area contributed by atoms with Gasteiger partial charge in [0.15, 0.2) is 5.82 Å². The molecule has 2 aromatic rings. The standard InChI is InChI=1S/C12H14ClN5OS/c1-5-15-9-6(3-2-4-7(9)20-5)16-12(19)10-8(13)11(14)18-17-10/h6H,2-4H2,1H3,(H,16,19)(H3,14,17,18)/t6-/m1/s1. The van der Waals surface area contributed by atoms with Crippen molar-refractivity contribution >= 4 is 34.7 Å². The van der Waals surface area contributed by atoms with Crippen LogP contribution in [0.5, 0.6) is 0 Å². The molecule has 0 bridgehead atoms. The summed E-state index contributed by atoms with van der Waals surface area (Å²) < 4.78 is 0. The number of fused-ring (bicyclic) bond motifs is 1. The Kier molecular flexibility index (Phi) is 3.39. The summed E-state index contributed by atoms with van der Waals surface area (Å²) in [7, 11) is 0. The molecular weight excluding hydrogens is 298 g/mol. The van der Waals surface area contributed by atoms with Gasteiger partial charge in [-0.25, -0.2) is 4.98 Å². The summed E-state index contributed by atoms with van der Waals surface area (Å²) in [4.78, 5) is 18.0. The fourth-order valence-corrected chi connectivity index (χ4v) is 3.61. The molecule has 0 spiro atoms. The normalized spacial score (nSPS) is 17.8. The lowest BCUT2D eigenvalue weighted by Crippen LogP contribution is -2.31. The Morgan fingerprint density at radius 1 is 1.60 bits per heavy atom. The van der Waals surface area contributed by atoms with E-state index in [1.54, 1.807) is 11.3 Å². The predicted octanol–water partition coefficient (Wildman–Crippen LogP) is 2.22. The van der Waals surface area contributed by atoms with Crippen LogP contribution in [-0.4, -0.2) is 21.1 Å². The number of carbonyl (C=O) groups is 1. The molecule has 0 saturated carbocycles. The molecule has 0 aliphatic heterocycles. The smallest absolute Gasteiger partial charge is 0.271 e. The molecule has 2 heterocycles. The Morgan fingerprint density at radius 3 is 3.10 bits per heavy atom. The van der Waals surface area contributed by atoms with Gasteiger partial charge in [-0.3, -0.25) is 9.89 Å². The SMILES string of the molecule is Cc1nc2c(s1)CCC[C@H]2NC(=O)c1[nH]nc(N)c1Cl. The second kappa shape index (κ2) is 5.06. The number of anilines is 1. The van der Waals surface area contributed by atoms with Crippen LogP contribution >= 0.6 is 22.9 Å². The highest BCUT2D eigenvalue weighted by Gasteiger charge is 2.27. The van der Waals surface area contributed by atoms with Crippen LogP contribution in [0.15, 0.2) is 0 Å². The number of nitrogens with one attached hydrogen (secondary N) is 2. The first-order valence-corrected chi connectivity index (χ1v) is 7.52. The van der Waals surface area contributed by atoms with Crippen LogP contribution in [0.2, 0.25) is 5.02 Å². The first-order valence-electron chi connectivity index (χ1n) is 6.32. The molecule has 6 nitrogen and oxygen atoms in total. The Morgan fingerprint density at radius 2 is 2.40 bits per heavy atom. The zero-order valence-corrected chi connectivity index (χ0v) is 12.4. The highest BCUT2D eigenvalue weighted by Crippen LogP contribution is 2.33. The van der Waals surface area contributed by atoms with Crippen molar-refractivity contribution in [2.45, 2.75) is 32.2 Å². The van der Waals surface area contributed by atoms with Crippen LogP contribution in [0, 0.1) is 6.92 Å². The third-order valence-corrected chi connectivity index (χ3v) is 4.76. The number of aryl methyl sites for hydroxylation is 2. The van der Waals surface area contributed by atoms with Crippen LogP contribution in [-0.2, 0) is 6.42 Å². The lowest BCUT2D eigenvalue weighted by Gasteiger charge is -2.22. The monoisotopic (exact) mass is 311 g/mol. The Labute approximate surface area is 124 Å². The zero-order valence-electron chi connectivity index (χ0n) is 10.9. The largest absolute Gasteiger partial charge is 0.381 e. The van der Waals surface area contributed by atoms with Crippen molar-refractivity contribution in [1.29, 1.82) is 0 Å². The molecule has 1 atom stereocenters. The molecule has 20 heavy (non-hydrogen) atoms. The number of halogens is 1. The van der Waals surface area contributed by atoms with E-state index in [-0.39, 0.29) is 28.5 Å². The number of thiazole rings is 1. The molecular formula is C12H14ClN5OS. The number of hydrogen-bond donors (Lipinski definition) is 3. The summed E-state index contributed by atoms with van der Waals surface area (Å²) in [5, 5.41) is 10.4. The maximum atomic E-state index is 12.2. The van der Waals surface area contributed by atoms with Gasteiger partial charge >= 0.3 is 0 Å². The molecule has 0 unspecified atom stereocenters. The van der Waals surface area contributed by atoms with Crippen molar-refractivity contribution in [1.82, 2.24) is 20.5 Å². The van der Waals surface area contributed by atoms with E-state index in [0.29, 0.717) is 0 Å². The van der Waals surface area contributed by atoms with Crippen molar-refractivity contribution < 1.29 is 4.79 Å². The minimum atomic E-state index is -0.303. The van der Waals surface area contributed by atoms with E-state index < -0.39 is 0 Å². The minimum Gasteiger partial charge on any atom is -0.381 e. The van der Waals surface area contributed by atoms with Gasteiger partial charge in [0, 0.05) is 4.88 Å². The average Bonchev–Trinajstić information content (AvgIpc) is 2.94. The Hall–Kier alpha value is -1.60. The van der Waals surface area contributed by atoms with Gasteiger partial charge in [-0.15, -0.1) is 11.3 Å².